The number of ether oxygens (including phenoxy) is 1. The molecule has 0 saturated carbocycles. The van der Waals surface area contributed by atoms with Gasteiger partial charge in [0.2, 0.25) is 0 Å². The summed E-state index contributed by atoms with van der Waals surface area (Å²) in [6.07, 6.45) is 0. The van der Waals surface area contributed by atoms with E-state index in [-0.39, 0.29) is 25.2 Å². The Balaban J connectivity index is 1.87. The molecule has 1 aromatic carbocycles. The van der Waals surface area contributed by atoms with Crippen molar-refractivity contribution in [1.82, 2.24) is 5.32 Å². The summed E-state index contributed by atoms with van der Waals surface area (Å²) in [5.41, 5.74) is 0.883. The van der Waals surface area contributed by atoms with Crippen molar-refractivity contribution < 1.29 is 19.4 Å². The van der Waals surface area contributed by atoms with E-state index in [0.717, 1.165) is 4.88 Å². The quantitative estimate of drug-likeness (QED) is 0.637. The molecule has 0 saturated heterocycles. The largest absolute Gasteiger partial charge is 0.452 e. The smallest absolute Gasteiger partial charge is 0.340 e. The van der Waals surface area contributed by atoms with Gasteiger partial charge in [0.05, 0.1) is 18.2 Å². The molecular weight excluding hydrogens is 328 g/mol. The SMILES string of the molecule is C[C@H](NC(=O)COC(=O)c1ccccc1NCCO)c1cccs1. The zero-order valence-electron chi connectivity index (χ0n) is 13.3. The number of carbonyl (C=O) groups excluding carboxylic acids is 2. The molecule has 2 aromatic rings. The van der Waals surface area contributed by atoms with E-state index in [1.54, 1.807) is 35.6 Å². The number of esters is 1. The molecule has 0 unspecified atom stereocenters. The predicted octanol–water partition coefficient (Wildman–Crippen LogP) is 2.19. The van der Waals surface area contributed by atoms with E-state index in [9.17, 15) is 9.59 Å². The second-order valence-electron chi connectivity index (χ2n) is 5.08. The minimum absolute atomic E-state index is 0.0492. The summed E-state index contributed by atoms with van der Waals surface area (Å²) >= 11 is 1.55. The third kappa shape index (κ3) is 5.07. The molecule has 1 aromatic heterocycles. The molecule has 0 aliphatic rings. The lowest BCUT2D eigenvalue weighted by molar-refractivity contribution is -0.124. The van der Waals surface area contributed by atoms with Crippen molar-refractivity contribution in [2.24, 2.45) is 0 Å². The summed E-state index contributed by atoms with van der Waals surface area (Å²) in [6, 6.07) is 10.5. The average molecular weight is 348 g/mol. The van der Waals surface area contributed by atoms with E-state index in [2.05, 4.69) is 10.6 Å². The van der Waals surface area contributed by atoms with Crippen molar-refractivity contribution in [3.8, 4) is 0 Å². The minimum atomic E-state index is -0.588. The molecule has 0 aliphatic heterocycles. The van der Waals surface area contributed by atoms with Gasteiger partial charge in [0, 0.05) is 17.1 Å². The zero-order chi connectivity index (χ0) is 17.4. The molecule has 0 radical (unpaired) electrons. The van der Waals surface area contributed by atoms with Crippen LogP contribution in [0.15, 0.2) is 41.8 Å². The van der Waals surface area contributed by atoms with Gasteiger partial charge in [-0.3, -0.25) is 4.79 Å². The molecule has 0 spiro atoms. The van der Waals surface area contributed by atoms with Gasteiger partial charge >= 0.3 is 5.97 Å². The number of anilines is 1. The van der Waals surface area contributed by atoms with E-state index in [1.165, 1.54) is 0 Å². The molecule has 0 fully saturated rings. The maximum absolute atomic E-state index is 12.1. The van der Waals surface area contributed by atoms with Gasteiger partial charge < -0.3 is 20.5 Å². The highest BCUT2D eigenvalue weighted by Gasteiger charge is 2.15. The molecular formula is C17H20N2O4S. The first kappa shape index (κ1) is 18.0. The number of nitrogens with one attached hydrogen (secondary N) is 2. The van der Waals surface area contributed by atoms with Gasteiger partial charge in [-0.2, -0.15) is 0 Å². The number of rotatable bonds is 8. The van der Waals surface area contributed by atoms with Crippen LogP contribution >= 0.6 is 11.3 Å². The van der Waals surface area contributed by atoms with Crippen molar-refractivity contribution in [2.45, 2.75) is 13.0 Å². The van der Waals surface area contributed by atoms with E-state index < -0.39 is 5.97 Å². The molecule has 0 aliphatic carbocycles. The Bertz CT molecular complexity index is 673. The van der Waals surface area contributed by atoms with Crippen LogP contribution in [0.4, 0.5) is 5.69 Å². The van der Waals surface area contributed by atoms with Gasteiger partial charge in [-0.25, -0.2) is 4.79 Å². The van der Waals surface area contributed by atoms with Crippen LogP contribution in [-0.4, -0.2) is 36.7 Å². The van der Waals surface area contributed by atoms with E-state index >= 15 is 0 Å². The summed E-state index contributed by atoms with van der Waals surface area (Å²) in [5.74, 6) is -0.944. The fourth-order valence-electron chi connectivity index (χ4n) is 2.11. The summed E-state index contributed by atoms with van der Waals surface area (Å²) in [4.78, 5) is 25.1. The van der Waals surface area contributed by atoms with E-state index in [1.807, 2.05) is 24.4 Å². The lowest BCUT2D eigenvalue weighted by atomic mass is 10.2. The Morgan fingerprint density at radius 2 is 2.04 bits per heavy atom. The number of hydrogen-bond acceptors (Lipinski definition) is 6. The van der Waals surface area contributed by atoms with E-state index in [0.29, 0.717) is 17.8 Å². The standard InChI is InChI=1S/C17H20N2O4S/c1-12(15-7-4-10-24-15)19-16(21)11-23-17(22)13-5-2-3-6-14(13)18-8-9-20/h2-7,10,12,18,20H,8-9,11H2,1H3,(H,19,21)/t12-/m0/s1. The van der Waals surface area contributed by atoms with Crippen LogP contribution in [0.25, 0.3) is 0 Å². The van der Waals surface area contributed by atoms with Crippen LogP contribution in [0.3, 0.4) is 0 Å². The van der Waals surface area contributed by atoms with Crippen LogP contribution in [-0.2, 0) is 9.53 Å². The Kier molecular flexibility index (Phi) is 6.77. The normalized spacial score (nSPS) is 11.6. The van der Waals surface area contributed by atoms with Gasteiger partial charge in [-0.1, -0.05) is 18.2 Å². The summed E-state index contributed by atoms with van der Waals surface area (Å²) < 4.78 is 5.08. The van der Waals surface area contributed by atoms with Crippen molar-refractivity contribution in [1.29, 1.82) is 0 Å². The Labute approximate surface area is 144 Å². The highest BCUT2D eigenvalue weighted by atomic mass is 32.1. The summed E-state index contributed by atoms with van der Waals surface area (Å²) in [7, 11) is 0. The Morgan fingerprint density at radius 3 is 2.75 bits per heavy atom. The molecule has 2 rings (SSSR count). The maximum Gasteiger partial charge on any atom is 0.340 e. The fourth-order valence-corrected chi connectivity index (χ4v) is 2.84. The number of aliphatic hydroxyl groups is 1. The lowest BCUT2D eigenvalue weighted by Crippen LogP contribution is -2.30. The van der Waals surface area contributed by atoms with Gasteiger partial charge in [-0.05, 0) is 30.5 Å². The van der Waals surface area contributed by atoms with Gasteiger partial charge in [0.1, 0.15) is 0 Å². The monoisotopic (exact) mass is 348 g/mol. The number of benzene rings is 1. The van der Waals surface area contributed by atoms with Crippen molar-refractivity contribution >= 4 is 28.9 Å². The van der Waals surface area contributed by atoms with Crippen LogP contribution in [0.5, 0.6) is 0 Å². The first-order valence-electron chi connectivity index (χ1n) is 7.55. The fraction of sp³-hybridized carbons (Fsp3) is 0.294. The first-order chi connectivity index (χ1) is 11.6. The molecule has 128 valence electrons. The molecule has 0 bridgehead atoms. The molecule has 3 N–H and O–H groups in total. The van der Waals surface area contributed by atoms with Crippen LogP contribution < -0.4 is 10.6 Å². The highest BCUT2D eigenvalue weighted by molar-refractivity contribution is 7.10. The van der Waals surface area contributed by atoms with Gasteiger partial charge in [-0.15, -0.1) is 11.3 Å². The van der Waals surface area contributed by atoms with Crippen LogP contribution in [0.1, 0.15) is 28.2 Å². The number of para-hydroxylation sites is 1. The topological polar surface area (TPSA) is 87.7 Å². The second-order valence-corrected chi connectivity index (χ2v) is 6.06. The average Bonchev–Trinajstić information content (AvgIpc) is 3.13. The minimum Gasteiger partial charge on any atom is -0.452 e. The number of carbonyl (C=O) groups is 2. The van der Waals surface area contributed by atoms with Crippen molar-refractivity contribution in [3.05, 3.63) is 52.2 Å². The molecule has 7 heteroatoms. The van der Waals surface area contributed by atoms with Crippen molar-refractivity contribution in [3.63, 3.8) is 0 Å². The van der Waals surface area contributed by atoms with Crippen LogP contribution in [0.2, 0.25) is 0 Å². The molecule has 1 amide bonds. The summed E-state index contributed by atoms with van der Waals surface area (Å²) in [5, 5.41) is 16.5. The Hall–Kier alpha value is -2.38. The molecule has 1 atom stereocenters. The number of thiophene rings is 1. The summed E-state index contributed by atoms with van der Waals surface area (Å²) in [6.45, 7) is 1.80. The van der Waals surface area contributed by atoms with Crippen LogP contribution in [0, 0.1) is 0 Å². The molecule has 6 nitrogen and oxygen atoms in total. The highest BCUT2D eigenvalue weighted by Crippen LogP contribution is 2.18. The Morgan fingerprint density at radius 1 is 1.25 bits per heavy atom. The maximum atomic E-state index is 12.1. The third-order valence-electron chi connectivity index (χ3n) is 3.26. The lowest BCUT2D eigenvalue weighted by Gasteiger charge is -2.13. The third-order valence-corrected chi connectivity index (χ3v) is 4.31. The van der Waals surface area contributed by atoms with Gasteiger partial charge in [0.25, 0.3) is 5.91 Å². The van der Waals surface area contributed by atoms with Gasteiger partial charge in [0.15, 0.2) is 6.61 Å². The second kappa shape index (κ2) is 9.05. The molecule has 24 heavy (non-hydrogen) atoms. The zero-order valence-corrected chi connectivity index (χ0v) is 14.1. The predicted molar refractivity (Wildman–Crippen MR) is 93.2 cm³/mol. The number of hydrogen-bond donors (Lipinski definition) is 3. The van der Waals surface area contributed by atoms with E-state index in [4.69, 9.17) is 9.84 Å². The first-order valence-corrected chi connectivity index (χ1v) is 8.43. The number of aliphatic hydroxyl groups excluding tert-OH is 1. The number of amides is 1. The molecule has 1 heterocycles. The van der Waals surface area contributed by atoms with Crippen molar-refractivity contribution in [2.75, 3.05) is 25.1 Å².